The number of hydrogen-bond donors (Lipinski definition) is 4. The third-order valence-corrected chi connectivity index (χ3v) is 9.89. The van der Waals surface area contributed by atoms with Crippen LogP contribution >= 0.6 is 0 Å². The van der Waals surface area contributed by atoms with E-state index in [9.17, 15) is 39.2 Å². The fourth-order valence-electron chi connectivity index (χ4n) is 6.97. The lowest BCUT2D eigenvalue weighted by Crippen LogP contribution is -2.60. The number of carboxylic acid groups (broad SMARTS) is 1. The molecule has 0 radical (unpaired) electrons. The minimum absolute atomic E-state index is 0.0190. The topological polar surface area (TPSA) is 197 Å². The summed E-state index contributed by atoms with van der Waals surface area (Å²) in [5.74, 6) is -3.14. The number of nitro benzene ring substituents is 1. The van der Waals surface area contributed by atoms with Gasteiger partial charge in [0.05, 0.1) is 11.5 Å². The van der Waals surface area contributed by atoms with E-state index in [0.717, 1.165) is 32.1 Å². The highest BCUT2D eigenvalue weighted by atomic mass is 16.6. The Labute approximate surface area is 290 Å². The highest BCUT2D eigenvalue weighted by Crippen LogP contribution is 2.37. The Morgan fingerprint density at radius 3 is 2.24 bits per heavy atom. The minimum Gasteiger partial charge on any atom is -0.488 e. The van der Waals surface area contributed by atoms with Gasteiger partial charge in [0, 0.05) is 25.5 Å². The second kappa shape index (κ2) is 15.3. The number of amides is 4. The highest BCUT2D eigenvalue weighted by Gasteiger charge is 2.54. The molecule has 268 valence electrons. The van der Waals surface area contributed by atoms with Gasteiger partial charge in [0.1, 0.15) is 35.5 Å². The first kappa shape index (κ1) is 36.3. The van der Waals surface area contributed by atoms with Crippen LogP contribution in [0.5, 0.6) is 5.75 Å². The Hall–Kier alpha value is -5.01. The van der Waals surface area contributed by atoms with Crippen molar-refractivity contribution in [1.82, 2.24) is 20.9 Å². The summed E-state index contributed by atoms with van der Waals surface area (Å²) in [6, 6.07) is 10.2. The van der Waals surface area contributed by atoms with Crippen molar-refractivity contribution in [3.05, 3.63) is 58.6 Å². The Balaban J connectivity index is 1.37. The van der Waals surface area contributed by atoms with E-state index in [-0.39, 0.29) is 49.2 Å². The fourth-order valence-corrected chi connectivity index (χ4v) is 6.97. The van der Waals surface area contributed by atoms with Gasteiger partial charge in [-0.05, 0) is 60.8 Å². The van der Waals surface area contributed by atoms with Gasteiger partial charge in [-0.3, -0.25) is 29.3 Å². The number of benzene rings is 2. The van der Waals surface area contributed by atoms with Gasteiger partial charge >= 0.3 is 5.97 Å². The van der Waals surface area contributed by atoms with Gasteiger partial charge < -0.3 is 30.7 Å². The van der Waals surface area contributed by atoms with Crippen LogP contribution in [0.2, 0.25) is 0 Å². The normalized spacial score (nSPS) is 21.1. The fraction of sp³-hybridized carbons (Fsp3) is 0.528. The van der Waals surface area contributed by atoms with Crippen molar-refractivity contribution >= 4 is 35.3 Å². The van der Waals surface area contributed by atoms with Crippen LogP contribution in [0.1, 0.15) is 72.1 Å². The number of nitrogens with zero attached hydrogens (tertiary/aromatic N) is 2. The lowest BCUT2D eigenvalue weighted by atomic mass is 9.83. The largest absolute Gasteiger partial charge is 0.488 e. The van der Waals surface area contributed by atoms with Crippen molar-refractivity contribution in [2.24, 2.45) is 11.8 Å². The number of carbonyl (C=O) groups excluding carboxylic acids is 4. The molecule has 5 rings (SSSR count). The Morgan fingerprint density at radius 2 is 1.64 bits per heavy atom. The van der Waals surface area contributed by atoms with Crippen molar-refractivity contribution in [1.29, 1.82) is 0 Å². The van der Waals surface area contributed by atoms with Crippen LogP contribution in [0.3, 0.4) is 0 Å². The molecule has 2 aromatic carbocycles. The molecule has 4 atom stereocenters. The lowest BCUT2D eigenvalue weighted by Gasteiger charge is -2.34. The summed E-state index contributed by atoms with van der Waals surface area (Å²) < 4.78 is 6.29. The predicted molar refractivity (Wildman–Crippen MR) is 182 cm³/mol. The molecule has 1 heterocycles. The molecule has 2 aliphatic carbocycles. The molecule has 3 aliphatic rings. The molecule has 2 aromatic rings. The highest BCUT2D eigenvalue weighted by molar-refractivity contribution is 5.96. The molecule has 2 saturated carbocycles. The van der Waals surface area contributed by atoms with Crippen molar-refractivity contribution < 1.29 is 38.7 Å². The zero-order valence-electron chi connectivity index (χ0n) is 28.6. The quantitative estimate of drug-likeness (QED) is 0.179. The Kier molecular flexibility index (Phi) is 11.1. The number of nitro groups is 1. The molecule has 3 fully saturated rings. The van der Waals surface area contributed by atoms with Crippen molar-refractivity contribution in [3.8, 4) is 16.9 Å². The van der Waals surface area contributed by atoms with E-state index in [1.807, 2.05) is 0 Å². The predicted octanol–water partition coefficient (Wildman–Crippen LogP) is 3.57. The third kappa shape index (κ3) is 8.40. The summed E-state index contributed by atoms with van der Waals surface area (Å²) in [5.41, 5.74) is -0.168. The van der Waals surface area contributed by atoms with E-state index in [1.165, 1.54) is 24.0 Å². The molecule has 0 bridgehead atoms. The molecule has 0 unspecified atom stereocenters. The standard InChI is InChI=1S/C36H45N5O9/c1-21(2)30(38-33(44)31(37-22(3)42)23-9-5-4-6-10-23)34(45)40-20-28(19-29(40)32(43)39-36(15-16-36)35(46)47)50-27-14-8-12-25(18-27)24-11-7-13-26(17-24)41(48)49/h7-8,11-14,17-18,21,23,28-31H,4-6,9-10,15-16,19-20H2,1-3H3,(H,37,42)(H,38,44)(H,39,43)(H,46,47)/t28-,29+,30+,31+/m1/s1. The number of likely N-dealkylation sites (tertiary alicyclic amines) is 1. The monoisotopic (exact) mass is 691 g/mol. The first-order chi connectivity index (χ1) is 23.8. The number of non-ortho nitro benzene ring substituents is 1. The van der Waals surface area contributed by atoms with Gasteiger partial charge in [-0.15, -0.1) is 0 Å². The van der Waals surface area contributed by atoms with Gasteiger partial charge in [-0.2, -0.15) is 0 Å². The summed E-state index contributed by atoms with van der Waals surface area (Å²) in [6.45, 7) is 4.89. The lowest BCUT2D eigenvalue weighted by molar-refractivity contribution is -0.384. The van der Waals surface area contributed by atoms with E-state index in [1.54, 1.807) is 50.2 Å². The number of aliphatic carboxylic acids is 1. The molecule has 4 amide bonds. The first-order valence-electron chi connectivity index (χ1n) is 17.2. The van der Waals surface area contributed by atoms with Gasteiger partial charge in [-0.1, -0.05) is 57.4 Å². The van der Waals surface area contributed by atoms with E-state index < -0.39 is 58.4 Å². The summed E-state index contributed by atoms with van der Waals surface area (Å²) in [7, 11) is 0. The molecule has 0 aromatic heterocycles. The summed E-state index contributed by atoms with van der Waals surface area (Å²) in [5, 5.41) is 29.4. The second-order valence-electron chi connectivity index (χ2n) is 14.0. The van der Waals surface area contributed by atoms with E-state index in [2.05, 4.69) is 16.0 Å². The zero-order valence-corrected chi connectivity index (χ0v) is 28.6. The van der Waals surface area contributed by atoms with E-state index in [0.29, 0.717) is 16.9 Å². The van der Waals surface area contributed by atoms with E-state index >= 15 is 0 Å². The third-order valence-electron chi connectivity index (χ3n) is 9.89. The molecule has 14 nitrogen and oxygen atoms in total. The number of nitrogens with one attached hydrogen (secondary N) is 3. The molecular weight excluding hydrogens is 646 g/mol. The summed E-state index contributed by atoms with van der Waals surface area (Å²) in [4.78, 5) is 77.9. The number of carboxylic acids is 1. The maximum atomic E-state index is 14.3. The Bertz CT molecular complexity index is 1640. The van der Waals surface area contributed by atoms with Crippen molar-refractivity contribution in [2.45, 2.75) is 102 Å². The van der Waals surface area contributed by atoms with Crippen molar-refractivity contribution in [3.63, 3.8) is 0 Å². The van der Waals surface area contributed by atoms with Gasteiger partial charge in [-0.25, -0.2) is 4.79 Å². The van der Waals surface area contributed by atoms with Gasteiger partial charge in [0.2, 0.25) is 23.6 Å². The Morgan fingerprint density at radius 1 is 0.980 bits per heavy atom. The first-order valence-corrected chi connectivity index (χ1v) is 17.2. The van der Waals surface area contributed by atoms with Crippen LogP contribution in [-0.4, -0.2) is 80.8 Å². The molecular formula is C36H45N5O9. The van der Waals surface area contributed by atoms with Crippen LogP contribution in [-0.2, 0) is 24.0 Å². The number of ether oxygens (including phenoxy) is 1. The van der Waals surface area contributed by atoms with E-state index in [4.69, 9.17) is 4.74 Å². The summed E-state index contributed by atoms with van der Waals surface area (Å²) >= 11 is 0. The van der Waals surface area contributed by atoms with Crippen LogP contribution in [0, 0.1) is 22.0 Å². The maximum Gasteiger partial charge on any atom is 0.329 e. The molecule has 14 heteroatoms. The second-order valence-corrected chi connectivity index (χ2v) is 14.0. The van der Waals surface area contributed by atoms with Crippen LogP contribution < -0.4 is 20.7 Å². The van der Waals surface area contributed by atoms with Gasteiger partial charge in [0.15, 0.2) is 0 Å². The maximum absolute atomic E-state index is 14.3. The average Bonchev–Trinajstić information content (AvgIpc) is 3.76. The summed E-state index contributed by atoms with van der Waals surface area (Å²) in [6.07, 6.45) is 4.43. The van der Waals surface area contributed by atoms with Crippen LogP contribution in [0.15, 0.2) is 48.5 Å². The molecule has 1 saturated heterocycles. The number of hydrogen-bond acceptors (Lipinski definition) is 8. The zero-order chi connectivity index (χ0) is 36.2. The SMILES string of the molecule is CC(=O)N[C@H](C(=O)N[C@H](C(=O)N1C[C@H](Oc2cccc(-c3cccc([N+](=O)[O-])c3)c2)C[C@H]1C(=O)NC1(C(=O)O)CC1)C(C)C)C1CCCCC1. The number of carbonyl (C=O) groups is 5. The number of rotatable bonds is 13. The minimum atomic E-state index is -1.38. The van der Waals surface area contributed by atoms with Crippen LogP contribution in [0.4, 0.5) is 5.69 Å². The molecule has 50 heavy (non-hydrogen) atoms. The van der Waals surface area contributed by atoms with Crippen molar-refractivity contribution in [2.75, 3.05) is 6.54 Å². The van der Waals surface area contributed by atoms with Crippen LogP contribution in [0.25, 0.3) is 11.1 Å². The smallest absolute Gasteiger partial charge is 0.329 e. The molecule has 4 N–H and O–H groups in total. The van der Waals surface area contributed by atoms with Gasteiger partial charge in [0.25, 0.3) is 5.69 Å². The molecule has 0 spiro atoms. The average molecular weight is 692 g/mol. The molecule has 1 aliphatic heterocycles.